The van der Waals surface area contributed by atoms with E-state index in [1.54, 1.807) is 49.4 Å². The molecular formula is C27H24N2O6. The lowest BCUT2D eigenvalue weighted by Crippen LogP contribution is -2.21. The van der Waals surface area contributed by atoms with Crippen molar-refractivity contribution in [1.29, 1.82) is 0 Å². The normalized spacial score (nSPS) is 14.1. The number of benzene rings is 3. The monoisotopic (exact) mass is 472 g/mol. The Labute approximate surface area is 203 Å². The second-order valence-electron chi connectivity index (χ2n) is 7.57. The summed E-state index contributed by atoms with van der Waals surface area (Å²) in [7, 11) is 4.48. The lowest BCUT2D eigenvalue weighted by Gasteiger charge is -2.12. The summed E-state index contributed by atoms with van der Waals surface area (Å²) in [5.74, 6) is 0.694. The Morgan fingerprint density at radius 3 is 2.17 bits per heavy atom. The highest BCUT2D eigenvalue weighted by Gasteiger charge is 2.28. The number of rotatable bonds is 7. The SMILES string of the molecule is COc1ccc(C(=O)Oc2ccc(C=C3C(=O)N(c4ccccc4)N=C3C)cc2OC)cc1OC. The van der Waals surface area contributed by atoms with Gasteiger partial charge in [0.25, 0.3) is 5.91 Å². The molecule has 0 spiro atoms. The Bertz CT molecular complexity index is 1330. The number of esters is 1. The molecule has 0 fully saturated rings. The van der Waals surface area contributed by atoms with E-state index >= 15 is 0 Å². The summed E-state index contributed by atoms with van der Waals surface area (Å²) in [5.41, 5.74) is 2.74. The van der Waals surface area contributed by atoms with E-state index in [2.05, 4.69) is 5.10 Å². The minimum atomic E-state index is -0.581. The first-order valence-corrected chi connectivity index (χ1v) is 10.7. The third-order valence-electron chi connectivity index (χ3n) is 5.38. The second-order valence-corrected chi connectivity index (χ2v) is 7.57. The van der Waals surface area contributed by atoms with Gasteiger partial charge in [0, 0.05) is 0 Å². The molecule has 0 aromatic heterocycles. The van der Waals surface area contributed by atoms with Gasteiger partial charge in [-0.2, -0.15) is 10.1 Å². The molecule has 178 valence electrons. The van der Waals surface area contributed by atoms with Gasteiger partial charge in [-0.3, -0.25) is 4.79 Å². The highest BCUT2D eigenvalue weighted by atomic mass is 16.6. The highest BCUT2D eigenvalue weighted by Crippen LogP contribution is 2.32. The van der Waals surface area contributed by atoms with E-state index in [1.165, 1.54) is 26.3 Å². The minimum Gasteiger partial charge on any atom is -0.493 e. The number of para-hydroxylation sites is 1. The van der Waals surface area contributed by atoms with Crippen LogP contribution in [0.1, 0.15) is 22.8 Å². The summed E-state index contributed by atoms with van der Waals surface area (Å²) in [5, 5.41) is 5.76. The summed E-state index contributed by atoms with van der Waals surface area (Å²) in [6, 6.07) is 19.0. The standard InChI is InChI=1S/C27H24N2O6/c1-17-21(26(30)29(28-17)20-8-6-5-7-9-20)14-18-10-12-23(24(15-18)33-3)35-27(31)19-11-13-22(32-2)25(16-19)34-4/h5-16H,1-4H3. The van der Waals surface area contributed by atoms with Gasteiger partial charge in [-0.05, 0) is 61.0 Å². The zero-order chi connectivity index (χ0) is 24.9. The molecule has 3 aromatic carbocycles. The van der Waals surface area contributed by atoms with Crippen molar-refractivity contribution in [2.45, 2.75) is 6.92 Å². The van der Waals surface area contributed by atoms with Crippen molar-refractivity contribution in [2.75, 3.05) is 26.3 Å². The van der Waals surface area contributed by atoms with Crippen LogP contribution in [-0.2, 0) is 4.79 Å². The lowest BCUT2D eigenvalue weighted by atomic mass is 10.1. The van der Waals surface area contributed by atoms with Gasteiger partial charge in [0.2, 0.25) is 0 Å². The van der Waals surface area contributed by atoms with E-state index in [9.17, 15) is 9.59 Å². The van der Waals surface area contributed by atoms with E-state index in [1.807, 2.05) is 30.3 Å². The molecule has 4 rings (SSSR count). The van der Waals surface area contributed by atoms with Crippen LogP contribution >= 0.6 is 0 Å². The predicted molar refractivity (Wildman–Crippen MR) is 133 cm³/mol. The summed E-state index contributed by atoms with van der Waals surface area (Å²) < 4.78 is 21.4. The summed E-state index contributed by atoms with van der Waals surface area (Å²) >= 11 is 0. The number of hydrazone groups is 1. The van der Waals surface area contributed by atoms with Crippen LogP contribution < -0.4 is 24.0 Å². The molecule has 35 heavy (non-hydrogen) atoms. The van der Waals surface area contributed by atoms with Crippen LogP contribution in [-0.4, -0.2) is 38.9 Å². The maximum absolute atomic E-state index is 13.0. The molecule has 1 heterocycles. The van der Waals surface area contributed by atoms with Crippen molar-refractivity contribution < 1.29 is 28.5 Å². The van der Waals surface area contributed by atoms with Crippen LogP contribution in [0.4, 0.5) is 5.69 Å². The molecule has 1 amide bonds. The molecule has 0 radical (unpaired) electrons. The fourth-order valence-electron chi connectivity index (χ4n) is 3.58. The van der Waals surface area contributed by atoms with Gasteiger partial charge >= 0.3 is 5.97 Å². The first-order chi connectivity index (χ1) is 16.9. The maximum Gasteiger partial charge on any atom is 0.343 e. The van der Waals surface area contributed by atoms with Crippen molar-refractivity contribution >= 4 is 29.4 Å². The minimum absolute atomic E-state index is 0.225. The average Bonchev–Trinajstić information content (AvgIpc) is 3.17. The number of amides is 1. The van der Waals surface area contributed by atoms with Crippen LogP contribution in [0.3, 0.4) is 0 Å². The molecule has 0 aliphatic carbocycles. The molecule has 0 N–H and O–H groups in total. The lowest BCUT2D eigenvalue weighted by molar-refractivity contribution is -0.114. The molecule has 0 bridgehead atoms. The fraction of sp³-hybridized carbons (Fsp3) is 0.148. The predicted octanol–water partition coefficient (Wildman–Crippen LogP) is 4.74. The van der Waals surface area contributed by atoms with E-state index < -0.39 is 5.97 Å². The number of hydrogen-bond acceptors (Lipinski definition) is 7. The number of carbonyl (C=O) groups excluding carboxylic acids is 2. The highest BCUT2D eigenvalue weighted by molar-refractivity contribution is 6.32. The van der Waals surface area contributed by atoms with Crippen LogP contribution in [0, 0.1) is 0 Å². The van der Waals surface area contributed by atoms with Crippen molar-refractivity contribution in [2.24, 2.45) is 5.10 Å². The molecule has 0 saturated carbocycles. The van der Waals surface area contributed by atoms with Gasteiger partial charge in [0.1, 0.15) is 0 Å². The van der Waals surface area contributed by atoms with Gasteiger partial charge in [-0.25, -0.2) is 4.79 Å². The first-order valence-electron chi connectivity index (χ1n) is 10.7. The van der Waals surface area contributed by atoms with E-state index in [4.69, 9.17) is 18.9 Å². The third-order valence-corrected chi connectivity index (χ3v) is 5.38. The zero-order valence-electron chi connectivity index (χ0n) is 19.8. The van der Waals surface area contributed by atoms with Crippen LogP contribution in [0.2, 0.25) is 0 Å². The van der Waals surface area contributed by atoms with Crippen molar-refractivity contribution in [1.82, 2.24) is 0 Å². The van der Waals surface area contributed by atoms with Gasteiger partial charge in [-0.15, -0.1) is 0 Å². The number of ether oxygens (including phenoxy) is 4. The molecule has 1 aliphatic heterocycles. The van der Waals surface area contributed by atoms with Crippen LogP contribution in [0.25, 0.3) is 6.08 Å². The Balaban J connectivity index is 1.56. The number of hydrogen-bond donors (Lipinski definition) is 0. The Morgan fingerprint density at radius 1 is 0.829 bits per heavy atom. The smallest absolute Gasteiger partial charge is 0.343 e. The van der Waals surface area contributed by atoms with E-state index in [-0.39, 0.29) is 11.7 Å². The van der Waals surface area contributed by atoms with Crippen LogP contribution in [0.5, 0.6) is 23.0 Å². The maximum atomic E-state index is 13.0. The van der Waals surface area contributed by atoms with Crippen molar-refractivity contribution in [3.8, 4) is 23.0 Å². The van der Waals surface area contributed by atoms with Crippen molar-refractivity contribution in [3.63, 3.8) is 0 Å². The Morgan fingerprint density at radius 2 is 1.49 bits per heavy atom. The number of anilines is 1. The quantitative estimate of drug-likeness (QED) is 0.281. The molecule has 0 saturated heterocycles. The van der Waals surface area contributed by atoms with Crippen molar-refractivity contribution in [3.05, 3.63) is 83.4 Å². The molecule has 0 unspecified atom stereocenters. The van der Waals surface area contributed by atoms with Gasteiger partial charge in [-0.1, -0.05) is 24.3 Å². The average molecular weight is 472 g/mol. The first kappa shape index (κ1) is 23.6. The summed E-state index contributed by atoms with van der Waals surface area (Å²) in [4.78, 5) is 25.7. The van der Waals surface area contributed by atoms with E-state index in [0.29, 0.717) is 45.3 Å². The summed E-state index contributed by atoms with van der Waals surface area (Å²) in [6.45, 7) is 1.78. The largest absolute Gasteiger partial charge is 0.493 e. The number of carbonyl (C=O) groups is 2. The van der Waals surface area contributed by atoms with Gasteiger partial charge < -0.3 is 18.9 Å². The van der Waals surface area contributed by atoms with Crippen LogP contribution in [0.15, 0.2) is 77.4 Å². The second kappa shape index (κ2) is 10.1. The number of methoxy groups -OCH3 is 3. The topological polar surface area (TPSA) is 86.7 Å². The fourth-order valence-corrected chi connectivity index (χ4v) is 3.58. The van der Waals surface area contributed by atoms with E-state index in [0.717, 1.165) is 0 Å². The Kier molecular flexibility index (Phi) is 6.82. The Hall–Kier alpha value is -4.59. The molecular weight excluding hydrogens is 448 g/mol. The zero-order valence-corrected chi connectivity index (χ0v) is 19.8. The third kappa shape index (κ3) is 4.86. The van der Waals surface area contributed by atoms with Gasteiger partial charge in [0.15, 0.2) is 23.0 Å². The molecule has 8 heteroatoms. The summed E-state index contributed by atoms with van der Waals surface area (Å²) in [6.07, 6.45) is 1.73. The molecule has 3 aromatic rings. The molecule has 0 atom stereocenters. The molecule has 8 nitrogen and oxygen atoms in total. The van der Waals surface area contributed by atoms with Gasteiger partial charge in [0.05, 0.1) is 43.9 Å². The molecule has 1 aliphatic rings. The number of nitrogens with zero attached hydrogens (tertiary/aromatic N) is 2.